The van der Waals surface area contributed by atoms with Crippen molar-refractivity contribution in [2.24, 2.45) is 5.92 Å². The number of rotatable bonds is 8. The van der Waals surface area contributed by atoms with Crippen molar-refractivity contribution in [3.63, 3.8) is 0 Å². The highest BCUT2D eigenvalue weighted by molar-refractivity contribution is 5.21. The number of halogens is 1. The van der Waals surface area contributed by atoms with Crippen LogP contribution in [0.4, 0.5) is 4.39 Å². The molecule has 1 fully saturated rings. The van der Waals surface area contributed by atoms with Crippen LogP contribution in [-0.4, -0.2) is 31.1 Å². The van der Waals surface area contributed by atoms with Crippen LogP contribution in [0.15, 0.2) is 24.3 Å². The fourth-order valence-electron chi connectivity index (χ4n) is 2.05. The summed E-state index contributed by atoms with van der Waals surface area (Å²) < 4.78 is 18.3. The molecular formula is C15H22FNO. The Morgan fingerprint density at radius 1 is 1.28 bits per heavy atom. The van der Waals surface area contributed by atoms with Gasteiger partial charge in [0.1, 0.15) is 11.6 Å². The van der Waals surface area contributed by atoms with Crippen molar-refractivity contribution in [3.8, 4) is 5.75 Å². The molecule has 0 radical (unpaired) electrons. The lowest BCUT2D eigenvalue weighted by molar-refractivity contribution is 0.235. The summed E-state index contributed by atoms with van der Waals surface area (Å²) in [6.07, 6.45) is 3.84. The third-order valence-electron chi connectivity index (χ3n) is 3.36. The summed E-state index contributed by atoms with van der Waals surface area (Å²) in [5.41, 5.74) is 0. The fourth-order valence-corrected chi connectivity index (χ4v) is 2.05. The molecule has 0 unspecified atom stereocenters. The van der Waals surface area contributed by atoms with Crippen LogP contribution in [0.3, 0.4) is 0 Å². The first-order valence-corrected chi connectivity index (χ1v) is 6.88. The van der Waals surface area contributed by atoms with Crippen LogP contribution in [0.5, 0.6) is 5.75 Å². The first-order valence-electron chi connectivity index (χ1n) is 6.88. The molecule has 0 N–H and O–H groups in total. The molecule has 1 aromatic rings. The van der Waals surface area contributed by atoms with E-state index < -0.39 is 0 Å². The van der Waals surface area contributed by atoms with Gasteiger partial charge in [-0.05, 0) is 56.0 Å². The van der Waals surface area contributed by atoms with Crippen molar-refractivity contribution in [1.82, 2.24) is 4.90 Å². The predicted octanol–water partition coefficient (Wildman–Crippen LogP) is 3.33. The summed E-state index contributed by atoms with van der Waals surface area (Å²) in [5.74, 6) is 1.48. The Balaban J connectivity index is 1.60. The molecule has 1 saturated carbocycles. The standard InChI is InChI=1S/C15H22FNO/c1-2-17(12-13-4-5-13)10-3-11-18-15-8-6-14(16)7-9-15/h6-9,13H,2-5,10-12H2,1H3. The van der Waals surface area contributed by atoms with Crippen molar-refractivity contribution in [2.45, 2.75) is 26.2 Å². The maximum Gasteiger partial charge on any atom is 0.123 e. The van der Waals surface area contributed by atoms with Gasteiger partial charge in [-0.25, -0.2) is 4.39 Å². The maximum atomic E-state index is 12.7. The molecule has 18 heavy (non-hydrogen) atoms. The van der Waals surface area contributed by atoms with Crippen molar-refractivity contribution < 1.29 is 9.13 Å². The minimum atomic E-state index is -0.219. The third kappa shape index (κ3) is 4.65. The van der Waals surface area contributed by atoms with Crippen LogP contribution < -0.4 is 4.74 Å². The Bertz CT molecular complexity index is 348. The zero-order chi connectivity index (χ0) is 12.8. The SMILES string of the molecule is CCN(CCCOc1ccc(F)cc1)CC1CC1. The highest BCUT2D eigenvalue weighted by Crippen LogP contribution is 2.29. The average Bonchev–Trinajstić information content (AvgIpc) is 3.19. The van der Waals surface area contributed by atoms with Crippen molar-refractivity contribution in [3.05, 3.63) is 30.1 Å². The minimum Gasteiger partial charge on any atom is -0.494 e. The molecule has 0 bridgehead atoms. The van der Waals surface area contributed by atoms with E-state index in [0.717, 1.165) is 31.2 Å². The summed E-state index contributed by atoms with van der Waals surface area (Å²) in [5, 5.41) is 0. The lowest BCUT2D eigenvalue weighted by atomic mass is 10.3. The smallest absolute Gasteiger partial charge is 0.123 e. The van der Waals surface area contributed by atoms with Crippen LogP contribution in [0.25, 0.3) is 0 Å². The first kappa shape index (κ1) is 13.3. The Kier molecular flexibility index (Phi) is 5.00. The van der Waals surface area contributed by atoms with Gasteiger partial charge in [0, 0.05) is 13.1 Å². The molecule has 100 valence electrons. The average molecular weight is 251 g/mol. The van der Waals surface area contributed by atoms with Crippen LogP contribution >= 0.6 is 0 Å². The quantitative estimate of drug-likeness (QED) is 0.657. The lowest BCUT2D eigenvalue weighted by Gasteiger charge is -2.19. The summed E-state index contributed by atoms with van der Waals surface area (Å²) in [4.78, 5) is 2.49. The summed E-state index contributed by atoms with van der Waals surface area (Å²) in [7, 11) is 0. The second-order valence-corrected chi connectivity index (χ2v) is 4.99. The highest BCUT2D eigenvalue weighted by Gasteiger charge is 2.23. The summed E-state index contributed by atoms with van der Waals surface area (Å²) in [6.45, 7) is 6.37. The Hall–Kier alpha value is -1.09. The van der Waals surface area contributed by atoms with Gasteiger partial charge in [-0.3, -0.25) is 0 Å². The Morgan fingerprint density at radius 3 is 2.61 bits per heavy atom. The molecule has 0 aromatic heterocycles. The van der Waals surface area contributed by atoms with Crippen molar-refractivity contribution >= 4 is 0 Å². The third-order valence-corrected chi connectivity index (χ3v) is 3.36. The van der Waals surface area contributed by atoms with Gasteiger partial charge >= 0.3 is 0 Å². The second-order valence-electron chi connectivity index (χ2n) is 4.99. The molecule has 1 aliphatic carbocycles. The van der Waals surface area contributed by atoms with E-state index in [4.69, 9.17) is 4.74 Å². The molecule has 0 aliphatic heterocycles. The van der Waals surface area contributed by atoms with Crippen molar-refractivity contribution in [1.29, 1.82) is 0 Å². The molecule has 1 aromatic carbocycles. The van der Waals surface area contributed by atoms with Gasteiger partial charge < -0.3 is 9.64 Å². The zero-order valence-corrected chi connectivity index (χ0v) is 11.1. The Labute approximate surface area is 109 Å². The minimum absolute atomic E-state index is 0.219. The normalized spacial score (nSPS) is 15.1. The molecule has 0 saturated heterocycles. The van der Waals surface area contributed by atoms with Crippen LogP contribution in [0.1, 0.15) is 26.2 Å². The molecule has 0 heterocycles. The molecule has 3 heteroatoms. The largest absolute Gasteiger partial charge is 0.494 e. The number of hydrogen-bond donors (Lipinski definition) is 0. The van der Waals surface area contributed by atoms with E-state index in [1.165, 1.54) is 31.5 Å². The summed E-state index contributed by atoms with van der Waals surface area (Å²) >= 11 is 0. The van der Waals surface area contributed by atoms with Gasteiger partial charge in [0.15, 0.2) is 0 Å². The van der Waals surface area contributed by atoms with E-state index in [9.17, 15) is 4.39 Å². The van der Waals surface area contributed by atoms with Gasteiger partial charge in [-0.2, -0.15) is 0 Å². The molecule has 0 spiro atoms. The van der Waals surface area contributed by atoms with E-state index in [1.54, 1.807) is 12.1 Å². The molecule has 0 atom stereocenters. The molecule has 0 amide bonds. The van der Waals surface area contributed by atoms with Crippen LogP contribution in [-0.2, 0) is 0 Å². The van der Waals surface area contributed by atoms with E-state index in [1.807, 2.05) is 0 Å². The van der Waals surface area contributed by atoms with Gasteiger partial charge in [0.2, 0.25) is 0 Å². The number of nitrogens with zero attached hydrogens (tertiary/aromatic N) is 1. The van der Waals surface area contributed by atoms with Crippen LogP contribution in [0, 0.1) is 11.7 Å². The molecule has 1 aliphatic rings. The predicted molar refractivity (Wildman–Crippen MR) is 71.4 cm³/mol. The highest BCUT2D eigenvalue weighted by atomic mass is 19.1. The van der Waals surface area contributed by atoms with Crippen LogP contribution in [0.2, 0.25) is 0 Å². The van der Waals surface area contributed by atoms with E-state index >= 15 is 0 Å². The molecule has 2 rings (SSSR count). The van der Waals surface area contributed by atoms with E-state index in [0.29, 0.717) is 6.61 Å². The number of benzene rings is 1. The zero-order valence-electron chi connectivity index (χ0n) is 11.1. The number of ether oxygens (including phenoxy) is 1. The van der Waals surface area contributed by atoms with Gasteiger partial charge in [-0.15, -0.1) is 0 Å². The van der Waals surface area contributed by atoms with Crippen molar-refractivity contribution in [2.75, 3.05) is 26.2 Å². The maximum absolute atomic E-state index is 12.7. The summed E-state index contributed by atoms with van der Waals surface area (Å²) in [6, 6.07) is 6.22. The first-order chi connectivity index (χ1) is 8.78. The van der Waals surface area contributed by atoms with Gasteiger partial charge in [0.25, 0.3) is 0 Å². The van der Waals surface area contributed by atoms with Gasteiger partial charge in [-0.1, -0.05) is 6.92 Å². The fraction of sp³-hybridized carbons (Fsp3) is 0.600. The Morgan fingerprint density at radius 2 is 2.00 bits per heavy atom. The molecule has 2 nitrogen and oxygen atoms in total. The van der Waals surface area contributed by atoms with Gasteiger partial charge in [0.05, 0.1) is 6.61 Å². The topological polar surface area (TPSA) is 12.5 Å². The number of hydrogen-bond acceptors (Lipinski definition) is 2. The van der Waals surface area contributed by atoms with E-state index in [2.05, 4.69) is 11.8 Å². The second kappa shape index (κ2) is 6.74. The molecular weight excluding hydrogens is 229 g/mol. The van der Waals surface area contributed by atoms with E-state index in [-0.39, 0.29) is 5.82 Å². The monoisotopic (exact) mass is 251 g/mol. The lowest BCUT2D eigenvalue weighted by Crippen LogP contribution is -2.27.